The average molecular weight is 256 g/mol. The van der Waals surface area contributed by atoms with E-state index in [1.54, 1.807) is 12.1 Å². The minimum atomic E-state index is 0.207. The van der Waals surface area contributed by atoms with Crippen LogP contribution in [-0.2, 0) is 11.2 Å². The molecule has 3 heteroatoms. The molecule has 0 N–H and O–H groups in total. The summed E-state index contributed by atoms with van der Waals surface area (Å²) in [6.45, 7) is 3.88. The second-order valence-electron chi connectivity index (χ2n) is 5.27. The van der Waals surface area contributed by atoms with Crippen LogP contribution in [0.3, 0.4) is 0 Å². The van der Waals surface area contributed by atoms with E-state index in [9.17, 15) is 4.79 Å². The highest BCUT2D eigenvalue weighted by Gasteiger charge is 2.26. The molecule has 0 unspecified atom stereocenters. The van der Waals surface area contributed by atoms with E-state index in [-0.39, 0.29) is 5.91 Å². The molecule has 1 fully saturated rings. The molecule has 1 amide bonds. The monoisotopic (exact) mass is 256 g/mol. The van der Waals surface area contributed by atoms with Crippen molar-refractivity contribution >= 4 is 5.91 Å². The number of rotatable bonds is 6. The number of nitriles is 1. The zero-order chi connectivity index (χ0) is 13.7. The summed E-state index contributed by atoms with van der Waals surface area (Å²) in [6.07, 6.45) is 3.99. The number of hydrogen-bond acceptors (Lipinski definition) is 2. The van der Waals surface area contributed by atoms with Crippen molar-refractivity contribution in [2.24, 2.45) is 5.92 Å². The largest absolute Gasteiger partial charge is 0.342 e. The third-order valence-electron chi connectivity index (χ3n) is 3.46. The fourth-order valence-electron chi connectivity index (χ4n) is 2.18. The molecule has 0 aromatic heterocycles. The fraction of sp³-hybridized carbons (Fsp3) is 0.500. The highest BCUT2D eigenvalue weighted by atomic mass is 16.2. The first-order valence-corrected chi connectivity index (χ1v) is 6.99. The van der Waals surface area contributed by atoms with Crippen molar-refractivity contribution in [1.29, 1.82) is 5.26 Å². The van der Waals surface area contributed by atoms with E-state index in [2.05, 4.69) is 13.0 Å². The minimum absolute atomic E-state index is 0.207. The topological polar surface area (TPSA) is 44.1 Å². The molecule has 0 aliphatic heterocycles. The first-order valence-electron chi connectivity index (χ1n) is 6.99. The smallest absolute Gasteiger partial charge is 0.226 e. The van der Waals surface area contributed by atoms with E-state index in [0.717, 1.165) is 31.0 Å². The van der Waals surface area contributed by atoms with Gasteiger partial charge in [0.1, 0.15) is 0 Å². The van der Waals surface area contributed by atoms with Gasteiger partial charge in [0, 0.05) is 13.1 Å². The zero-order valence-corrected chi connectivity index (χ0v) is 11.4. The van der Waals surface area contributed by atoms with Crippen molar-refractivity contribution in [3.8, 4) is 6.07 Å². The van der Waals surface area contributed by atoms with Crippen LogP contribution in [0.4, 0.5) is 0 Å². The third-order valence-corrected chi connectivity index (χ3v) is 3.46. The molecule has 2 rings (SSSR count). The van der Waals surface area contributed by atoms with Crippen LogP contribution < -0.4 is 0 Å². The van der Waals surface area contributed by atoms with Crippen molar-refractivity contribution in [1.82, 2.24) is 4.90 Å². The van der Waals surface area contributed by atoms with Crippen LogP contribution in [0.5, 0.6) is 0 Å². The second-order valence-corrected chi connectivity index (χ2v) is 5.27. The summed E-state index contributed by atoms with van der Waals surface area (Å²) in [4.78, 5) is 14.3. The van der Waals surface area contributed by atoms with Crippen LogP contribution in [0.15, 0.2) is 24.3 Å². The molecule has 19 heavy (non-hydrogen) atoms. The van der Waals surface area contributed by atoms with Crippen LogP contribution in [-0.4, -0.2) is 23.9 Å². The highest BCUT2D eigenvalue weighted by molar-refractivity contribution is 5.78. The van der Waals surface area contributed by atoms with Crippen LogP contribution in [0.25, 0.3) is 0 Å². The van der Waals surface area contributed by atoms with E-state index in [1.807, 2.05) is 17.0 Å². The maximum absolute atomic E-state index is 12.3. The van der Waals surface area contributed by atoms with Crippen LogP contribution in [0.2, 0.25) is 0 Å². The van der Waals surface area contributed by atoms with Gasteiger partial charge in [0.25, 0.3) is 0 Å². The second kappa shape index (κ2) is 6.38. The van der Waals surface area contributed by atoms with Crippen molar-refractivity contribution in [2.75, 3.05) is 13.1 Å². The lowest BCUT2D eigenvalue weighted by atomic mass is 10.1. The molecular formula is C16H20N2O. The summed E-state index contributed by atoms with van der Waals surface area (Å²) < 4.78 is 0. The molecule has 1 saturated carbocycles. The van der Waals surface area contributed by atoms with Crippen LogP contribution in [0, 0.1) is 17.2 Å². The molecule has 0 heterocycles. The van der Waals surface area contributed by atoms with Gasteiger partial charge in [-0.05, 0) is 42.9 Å². The molecule has 0 spiro atoms. The molecule has 0 atom stereocenters. The molecule has 0 saturated heterocycles. The van der Waals surface area contributed by atoms with Gasteiger partial charge in [-0.3, -0.25) is 4.79 Å². The Bertz CT molecular complexity index is 469. The van der Waals surface area contributed by atoms with Crippen LogP contribution >= 0.6 is 0 Å². The summed E-state index contributed by atoms with van der Waals surface area (Å²) in [5.74, 6) is 0.940. The van der Waals surface area contributed by atoms with Crippen LogP contribution in [0.1, 0.15) is 37.3 Å². The summed E-state index contributed by atoms with van der Waals surface area (Å²) in [6, 6.07) is 9.38. The van der Waals surface area contributed by atoms with E-state index in [0.29, 0.717) is 12.0 Å². The maximum atomic E-state index is 12.3. The molecule has 3 nitrogen and oxygen atoms in total. The Morgan fingerprint density at radius 2 is 2.05 bits per heavy atom. The van der Waals surface area contributed by atoms with Crippen molar-refractivity contribution in [3.05, 3.63) is 35.4 Å². The highest BCUT2D eigenvalue weighted by Crippen LogP contribution is 2.29. The van der Waals surface area contributed by atoms with Gasteiger partial charge in [-0.25, -0.2) is 0 Å². The summed E-state index contributed by atoms with van der Waals surface area (Å²) in [5.41, 5.74) is 1.63. The van der Waals surface area contributed by atoms with Crippen molar-refractivity contribution in [2.45, 2.75) is 32.6 Å². The third kappa shape index (κ3) is 4.10. The molecular weight excluding hydrogens is 236 g/mol. The van der Waals surface area contributed by atoms with Gasteiger partial charge in [0.15, 0.2) is 0 Å². The summed E-state index contributed by atoms with van der Waals surface area (Å²) in [5, 5.41) is 8.75. The van der Waals surface area contributed by atoms with E-state index in [1.165, 1.54) is 12.8 Å². The number of benzene rings is 1. The Morgan fingerprint density at radius 1 is 1.37 bits per heavy atom. The van der Waals surface area contributed by atoms with Gasteiger partial charge < -0.3 is 4.90 Å². The number of nitrogens with zero attached hydrogens (tertiary/aromatic N) is 2. The van der Waals surface area contributed by atoms with E-state index >= 15 is 0 Å². The zero-order valence-electron chi connectivity index (χ0n) is 11.4. The number of carbonyl (C=O) groups is 1. The standard InChI is InChI=1S/C16H20N2O/c1-2-9-18(12-15-7-8-15)16(19)10-13-3-5-14(11-17)6-4-13/h3-6,15H,2,7-10,12H2,1H3. The van der Waals surface area contributed by atoms with E-state index < -0.39 is 0 Å². The van der Waals surface area contributed by atoms with E-state index in [4.69, 9.17) is 5.26 Å². The first kappa shape index (κ1) is 13.6. The first-order chi connectivity index (χ1) is 9.22. The lowest BCUT2D eigenvalue weighted by Crippen LogP contribution is -2.34. The molecule has 1 aromatic carbocycles. The molecule has 1 aliphatic rings. The number of carbonyl (C=O) groups excluding carboxylic acids is 1. The molecule has 1 aromatic rings. The number of hydrogen-bond donors (Lipinski definition) is 0. The normalized spacial score (nSPS) is 13.9. The molecule has 100 valence electrons. The Balaban J connectivity index is 1.94. The summed E-state index contributed by atoms with van der Waals surface area (Å²) in [7, 11) is 0. The lowest BCUT2D eigenvalue weighted by Gasteiger charge is -2.22. The predicted octanol–water partition coefficient (Wildman–Crippen LogP) is 2.75. The van der Waals surface area contributed by atoms with Gasteiger partial charge in [0.2, 0.25) is 5.91 Å². The minimum Gasteiger partial charge on any atom is -0.342 e. The Labute approximate surface area is 114 Å². The lowest BCUT2D eigenvalue weighted by molar-refractivity contribution is -0.130. The Hall–Kier alpha value is -1.82. The van der Waals surface area contributed by atoms with Crippen molar-refractivity contribution < 1.29 is 4.79 Å². The van der Waals surface area contributed by atoms with Gasteiger partial charge in [-0.1, -0.05) is 19.1 Å². The Morgan fingerprint density at radius 3 is 2.58 bits per heavy atom. The quantitative estimate of drug-likeness (QED) is 0.785. The van der Waals surface area contributed by atoms with Gasteiger partial charge in [-0.15, -0.1) is 0 Å². The molecule has 0 bridgehead atoms. The van der Waals surface area contributed by atoms with Gasteiger partial charge >= 0.3 is 0 Å². The average Bonchev–Trinajstić information content (AvgIpc) is 3.23. The molecule has 1 aliphatic carbocycles. The maximum Gasteiger partial charge on any atom is 0.226 e. The predicted molar refractivity (Wildman–Crippen MR) is 74.5 cm³/mol. The number of amides is 1. The van der Waals surface area contributed by atoms with Crippen molar-refractivity contribution in [3.63, 3.8) is 0 Å². The van der Waals surface area contributed by atoms with Gasteiger partial charge in [-0.2, -0.15) is 5.26 Å². The SMILES string of the molecule is CCCN(CC1CC1)C(=O)Cc1ccc(C#N)cc1. The summed E-state index contributed by atoms with van der Waals surface area (Å²) >= 11 is 0. The molecule has 0 radical (unpaired) electrons. The Kier molecular flexibility index (Phi) is 4.57. The van der Waals surface area contributed by atoms with Gasteiger partial charge in [0.05, 0.1) is 18.1 Å². The fourth-order valence-corrected chi connectivity index (χ4v) is 2.18.